The topological polar surface area (TPSA) is 81.4 Å². The Bertz CT molecular complexity index is 265. The normalized spacial score (nSPS) is 14.3. The minimum Gasteiger partial charge on any atom is -0.378 e. The van der Waals surface area contributed by atoms with E-state index >= 15 is 0 Å². The second kappa shape index (κ2) is 8.00. The first kappa shape index (κ1) is 15.8. The first-order valence-electron chi connectivity index (χ1n) is 5.73. The van der Waals surface area contributed by atoms with Gasteiger partial charge in [-0.25, -0.2) is 13.1 Å². The number of hydrogen-bond acceptors (Lipinski definition) is 4. The first-order chi connectivity index (χ1) is 7.41. The molecule has 0 aromatic carbocycles. The number of rotatable bonds is 9. The minimum absolute atomic E-state index is 0.00854. The fourth-order valence-corrected chi connectivity index (χ4v) is 2.44. The van der Waals surface area contributed by atoms with Crippen molar-refractivity contribution in [1.82, 2.24) is 4.72 Å². The fraction of sp³-hybridized carbons (Fsp3) is 1.00. The van der Waals surface area contributed by atoms with Gasteiger partial charge in [0, 0.05) is 12.6 Å². The zero-order chi connectivity index (χ0) is 12.6. The van der Waals surface area contributed by atoms with Gasteiger partial charge in [-0.15, -0.1) is 0 Å². The molecule has 0 radical (unpaired) electrons. The molecule has 5 nitrogen and oxygen atoms in total. The summed E-state index contributed by atoms with van der Waals surface area (Å²) in [5.74, 6) is -0.00854. The van der Waals surface area contributed by atoms with Crippen LogP contribution < -0.4 is 10.5 Å². The van der Waals surface area contributed by atoms with E-state index in [2.05, 4.69) is 4.72 Å². The summed E-state index contributed by atoms with van der Waals surface area (Å²) in [6, 6.07) is -0.158. The molecule has 0 aliphatic heterocycles. The van der Waals surface area contributed by atoms with Gasteiger partial charge in [-0.3, -0.25) is 0 Å². The standard InChI is InChI=1S/C10H24N2O3S/c1-4-5-10(8-11)12-16(13,14)7-6-15-9(2)3/h9-10,12H,4-8,11H2,1-3H3. The molecule has 0 saturated heterocycles. The Hall–Kier alpha value is -0.170. The van der Waals surface area contributed by atoms with Crippen LogP contribution in [0.25, 0.3) is 0 Å². The first-order valence-corrected chi connectivity index (χ1v) is 7.38. The lowest BCUT2D eigenvalue weighted by Crippen LogP contribution is -2.41. The van der Waals surface area contributed by atoms with E-state index in [1.807, 2.05) is 20.8 Å². The van der Waals surface area contributed by atoms with Gasteiger partial charge >= 0.3 is 0 Å². The molecular formula is C10H24N2O3S. The highest BCUT2D eigenvalue weighted by atomic mass is 32.2. The molecule has 0 spiro atoms. The molecule has 0 aromatic rings. The second-order valence-electron chi connectivity index (χ2n) is 4.08. The van der Waals surface area contributed by atoms with Gasteiger partial charge in [-0.2, -0.15) is 0 Å². The van der Waals surface area contributed by atoms with Gasteiger partial charge in [0.1, 0.15) is 0 Å². The van der Waals surface area contributed by atoms with Crippen LogP contribution in [0.15, 0.2) is 0 Å². The van der Waals surface area contributed by atoms with E-state index in [9.17, 15) is 8.42 Å². The summed E-state index contributed by atoms with van der Waals surface area (Å²) in [5.41, 5.74) is 5.48. The summed E-state index contributed by atoms with van der Waals surface area (Å²) in [6.45, 7) is 6.30. The molecule has 0 heterocycles. The highest BCUT2D eigenvalue weighted by Gasteiger charge is 2.16. The molecule has 1 unspecified atom stereocenters. The molecule has 0 fully saturated rings. The van der Waals surface area contributed by atoms with Gasteiger partial charge in [0.05, 0.1) is 18.5 Å². The van der Waals surface area contributed by atoms with E-state index in [4.69, 9.17) is 10.5 Å². The zero-order valence-electron chi connectivity index (χ0n) is 10.4. The average Bonchev–Trinajstić information content (AvgIpc) is 2.15. The molecule has 0 amide bonds. The van der Waals surface area contributed by atoms with Crippen molar-refractivity contribution in [2.75, 3.05) is 18.9 Å². The van der Waals surface area contributed by atoms with Gasteiger partial charge < -0.3 is 10.5 Å². The van der Waals surface area contributed by atoms with E-state index in [0.29, 0.717) is 6.54 Å². The average molecular weight is 252 g/mol. The quantitative estimate of drug-likeness (QED) is 0.624. The molecule has 0 rings (SSSR count). The minimum atomic E-state index is -3.27. The Morgan fingerprint density at radius 1 is 1.38 bits per heavy atom. The van der Waals surface area contributed by atoms with Crippen LogP contribution in [0.4, 0.5) is 0 Å². The van der Waals surface area contributed by atoms with Crippen molar-refractivity contribution in [3.8, 4) is 0 Å². The van der Waals surface area contributed by atoms with Crippen molar-refractivity contribution in [3.63, 3.8) is 0 Å². The molecule has 0 aromatic heterocycles. The van der Waals surface area contributed by atoms with Crippen LogP contribution >= 0.6 is 0 Å². The highest BCUT2D eigenvalue weighted by molar-refractivity contribution is 7.89. The van der Waals surface area contributed by atoms with Crippen LogP contribution in [-0.4, -0.2) is 39.5 Å². The maximum Gasteiger partial charge on any atom is 0.214 e. The summed E-state index contributed by atoms with van der Waals surface area (Å²) in [6.07, 6.45) is 1.73. The molecule has 16 heavy (non-hydrogen) atoms. The lowest BCUT2D eigenvalue weighted by atomic mass is 10.2. The van der Waals surface area contributed by atoms with Crippen LogP contribution in [0.5, 0.6) is 0 Å². The van der Waals surface area contributed by atoms with E-state index < -0.39 is 10.0 Å². The lowest BCUT2D eigenvalue weighted by molar-refractivity contribution is 0.0911. The monoisotopic (exact) mass is 252 g/mol. The molecular weight excluding hydrogens is 228 g/mol. The van der Waals surface area contributed by atoms with Crippen molar-refractivity contribution in [3.05, 3.63) is 0 Å². The largest absolute Gasteiger partial charge is 0.378 e. The SMILES string of the molecule is CCCC(CN)NS(=O)(=O)CCOC(C)C. The zero-order valence-corrected chi connectivity index (χ0v) is 11.2. The maximum absolute atomic E-state index is 11.6. The molecule has 98 valence electrons. The van der Waals surface area contributed by atoms with Gasteiger partial charge in [0.15, 0.2) is 0 Å². The number of nitrogens with one attached hydrogen (secondary N) is 1. The predicted octanol–water partition coefficient (Wildman–Crippen LogP) is 0.458. The Kier molecular flexibility index (Phi) is 7.91. The Morgan fingerprint density at radius 2 is 2.00 bits per heavy atom. The second-order valence-corrected chi connectivity index (χ2v) is 5.95. The summed E-state index contributed by atoms with van der Waals surface area (Å²) < 4.78 is 31.0. The van der Waals surface area contributed by atoms with Crippen molar-refractivity contribution >= 4 is 10.0 Å². The third-order valence-electron chi connectivity index (χ3n) is 2.07. The third kappa shape index (κ3) is 8.04. The number of hydrogen-bond donors (Lipinski definition) is 2. The fourth-order valence-electron chi connectivity index (χ4n) is 1.28. The van der Waals surface area contributed by atoms with Crippen LogP contribution in [0.3, 0.4) is 0 Å². The Labute approximate surface area is 98.8 Å². The molecule has 0 saturated carbocycles. The van der Waals surface area contributed by atoms with Crippen molar-refractivity contribution in [2.45, 2.75) is 45.8 Å². The van der Waals surface area contributed by atoms with E-state index in [-0.39, 0.29) is 24.5 Å². The Balaban J connectivity index is 4.02. The molecule has 0 aliphatic carbocycles. The van der Waals surface area contributed by atoms with Gasteiger partial charge in [0.2, 0.25) is 10.0 Å². The number of sulfonamides is 1. The van der Waals surface area contributed by atoms with Crippen molar-refractivity contribution in [1.29, 1.82) is 0 Å². The molecule has 6 heteroatoms. The van der Waals surface area contributed by atoms with Crippen molar-refractivity contribution in [2.24, 2.45) is 5.73 Å². The van der Waals surface area contributed by atoms with Crippen LogP contribution in [-0.2, 0) is 14.8 Å². The smallest absolute Gasteiger partial charge is 0.214 e. The number of ether oxygens (including phenoxy) is 1. The summed E-state index contributed by atoms with van der Waals surface area (Å²) in [5, 5.41) is 0. The van der Waals surface area contributed by atoms with Gasteiger partial charge in [0.25, 0.3) is 0 Å². The van der Waals surface area contributed by atoms with Gasteiger partial charge in [-0.05, 0) is 20.3 Å². The lowest BCUT2D eigenvalue weighted by Gasteiger charge is -2.16. The van der Waals surface area contributed by atoms with Crippen LogP contribution in [0, 0.1) is 0 Å². The third-order valence-corrected chi connectivity index (χ3v) is 3.47. The summed E-state index contributed by atoms with van der Waals surface area (Å²) >= 11 is 0. The Morgan fingerprint density at radius 3 is 2.44 bits per heavy atom. The summed E-state index contributed by atoms with van der Waals surface area (Å²) in [7, 11) is -3.27. The predicted molar refractivity (Wildman–Crippen MR) is 65.8 cm³/mol. The van der Waals surface area contributed by atoms with Crippen molar-refractivity contribution < 1.29 is 13.2 Å². The highest BCUT2D eigenvalue weighted by Crippen LogP contribution is 1.98. The molecule has 0 bridgehead atoms. The van der Waals surface area contributed by atoms with E-state index in [1.54, 1.807) is 0 Å². The molecule has 3 N–H and O–H groups in total. The number of nitrogens with two attached hydrogens (primary N) is 1. The molecule has 1 atom stereocenters. The van der Waals surface area contributed by atoms with Crippen LogP contribution in [0.2, 0.25) is 0 Å². The van der Waals surface area contributed by atoms with Crippen LogP contribution in [0.1, 0.15) is 33.6 Å². The summed E-state index contributed by atoms with van der Waals surface area (Å²) in [4.78, 5) is 0. The van der Waals surface area contributed by atoms with E-state index in [0.717, 1.165) is 12.8 Å². The van der Waals surface area contributed by atoms with E-state index in [1.165, 1.54) is 0 Å². The molecule has 0 aliphatic rings. The maximum atomic E-state index is 11.6. The van der Waals surface area contributed by atoms with Gasteiger partial charge in [-0.1, -0.05) is 13.3 Å².